The number of fused-ring (bicyclic) bond motifs is 1. The fraction of sp³-hybridized carbons (Fsp3) is 0.650. The van der Waals surface area contributed by atoms with E-state index in [4.69, 9.17) is 4.74 Å². The highest BCUT2D eigenvalue weighted by Crippen LogP contribution is 2.49. The number of pyridine rings is 1. The molecule has 2 saturated carbocycles. The number of aliphatic hydroxyl groups is 1. The molecule has 1 N–H and O–H groups in total. The van der Waals surface area contributed by atoms with Gasteiger partial charge in [-0.1, -0.05) is 19.8 Å². The second-order valence-corrected chi connectivity index (χ2v) is 7.74. The molecular weight excluding hydrogens is 316 g/mol. The molecule has 0 bridgehead atoms. The Labute approximate surface area is 148 Å². The first kappa shape index (κ1) is 16.7. The summed E-state index contributed by atoms with van der Waals surface area (Å²) in [6.45, 7) is 2.89. The van der Waals surface area contributed by atoms with E-state index in [0.29, 0.717) is 38.2 Å². The second kappa shape index (κ2) is 6.52. The van der Waals surface area contributed by atoms with Crippen molar-refractivity contribution in [3.05, 3.63) is 17.8 Å². The van der Waals surface area contributed by atoms with Crippen molar-refractivity contribution in [1.29, 1.82) is 0 Å². The number of carbonyl (C=O) groups excluding carboxylic acids is 1. The molecule has 1 aromatic heterocycles. The minimum Gasteiger partial charge on any atom is -0.490 e. The van der Waals surface area contributed by atoms with Crippen LogP contribution in [0, 0.1) is 5.92 Å². The average molecular weight is 343 g/mol. The largest absolute Gasteiger partial charge is 0.490 e. The zero-order valence-electron chi connectivity index (χ0n) is 15.0. The van der Waals surface area contributed by atoms with Crippen LogP contribution in [0.1, 0.15) is 63.9 Å². The number of amides is 1. The molecule has 3 aliphatic rings. The minimum absolute atomic E-state index is 0.101. The van der Waals surface area contributed by atoms with Crippen molar-refractivity contribution in [2.24, 2.45) is 5.92 Å². The number of carbonyl (C=O) groups is 1. The molecule has 0 saturated heterocycles. The lowest BCUT2D eigenvalue weighted by Gasteiger charge is -2.38. The molecule has 5 heteroatoms. The van der Waals surface area contributed by atoms with Gasteiger partial charge in [-0.3, -0.25) is 0 Å². The van der Waals surface area contributed by atoms with E-state index in [2.05, 4.69) is 11.9 Å². The van der Waals surface area contributed by atoms with Crippen LogP contribution in [0.3, 0.4) is 0 Å². The van der Waals surface area contributed by atoms with E-state index in [0.717, 1.165) is 42.1 Å². The Morgan fingerprint density at radius 2 is 2.12 bits per heavy atom. The van der Waals surface area contributed by atoms with Crippen LogP contribution in [0.15, 0.2) is 12.3 Å². The number of nitrogens with zero attached hydrogens (tertiary/aromatic N) is 2. The molecule has 1 aliphatic heterocycles. The van der Waals surface area contributed by atoms with Gasteiger partial charge in [0.15, 0.2) is 11.9 Å². The Bertz CT molecular complexity index is 714. The standard InChI is InChI=1S/C20H27N2O3/c1-2-3-4-9-25-17-10-14-5-8-18(23)22(19(14)21-13-17)16-11-20(24,12-16)15-6-7-15/h10,13,15,24H,2-9,11-12H2,1H3/q+1. The van der Waals surface area contributed by atoms with Crippen LogP contribution in [0.4, 0.5) is 5.82 Å². The summed E-state index contributed by atoms with van der Waals surface area (Å²) in [5, 5.41) is 10.6. The van der Waals surface area contributed by atoms with Crippen molar-refractivity contribution in [1.82, 2.24) is 4.98 Å². The van der Waals surface area contributed by atoms with Gasteiger partial charge >= 0.3 is 11.7 Å². The van der Waals surface area contributed by atoms with Gasteiger partial charge in [0.1, 0.15) is 0 Å². The number of ether oxygens (including phenoxy) is 1. The number of hydrogen-bond donors (Lipinski definition) is 1. The maximum Gasteiger partial charge on any atom is 0.333 e. The average Bonchev–Trinajstić information content (AvgIpc) is 3.42. The van der Waals surface area contributed by atoms with Crippen LogP contribution in [0.2, 0.25) is 0 Å². The van der Waals surface area contributed by atoms with Crippen molar-refractivity contribution in [2.45, 2.75) is 70.3 Å². The summed E-state index contributed by atoms with van der Waals surface area (Å²) >= 11 is 0. The first-order valence-corrected chi connectivity index (χ1v) is 9.62. The quantitative estimate of drug-likeness (QED) is 0.637. The second-order valence-electron chi connectivity index (χ2n) is 7.74. The van der Waals surface area contributed by atoms with Crippen LogP contribution >= 0.6 is 0 Å². The van der Waals surface area contributed by atoms with E-state index in [1.54, 1.807) is 10.8 Å². The van der Waals surface area contributed by atoms with Gasteiger partial charge in [0, 0.05) is 12.8 Å². The van der Waals surface area contributed by atoms with Gasteiger partial charge < -0.3 is 9.84 Å². The highest BCUT2D eigenvalue weighted by Gasteiger charge is 2.54. The number of hydrogen-bond acceptors (Lipinski definition) is 4. The van der Waals surface area contributed by atoms with Gasteiger partial charge in [-0.2, -0.15) is 4.58 Å². The van der Waals surface area contributed by atoms with Crippen LogP contribution in [-0.4, -0.2) is 38.5 Å². The summed E-state index contributed by atoms with van der Waals surface area (Å²) in [5.74, 6) is 2.06. The van der Waals surface area contributed by atoms with Crippen molar-refractivity contribution < 1.29 is 19.2 Å². The lowest BCUT2D eigenvalue weighted by atomic mass is 9.74. The molecule has 5 nitrogen and oxygen atoms in total. The molecule has 2 fully saturated rings. The summed E-state index contributed by atoms with van der Waals surface area (Å²) in [6.07, 6.45) is 9.79. The van der Waals surface area contributed by atoms with Crippen molar-refractivity contribution in [3.8, 4) is 5.75 Å². The van der Waals surface area contributed by atoms with Crippen molar-refractivity contribution >= 4 is 17.4 Å². The number of aromatic nitrogens is 1. The highest BCUT2D eigenvalue weighted by molar-refractivity contribution is 5.94. The van der Waals surface area contributed by atoms with E-state index in [1.807, 2.05) is 6.07 Å². The molecule has 134 valence electrons. The van der Waals surface area contributed by atoms with Gasteiger partial charge in [-0.25, -0.2) is 4.79 Å². The number of rotatable bonds is 6. The van der Waals surface area contributed by atoms with Crippen LogP contribution < -0.4 is 4.74 Å². The molecule has 4 rings (SSSR count). The van der Waals surface area contributed by atoms with E-state index >= 15 is 0 Å². The van der Waals surface area contributed by atoms with E-state index in [-0.39, 0.29) is 5.91 Å². The third kappa shape index (κ3) is 3.22. The van der Waals surface area contributed by atoms with Gasteiger partial charge in [0.05, 0.1) is 29.9 Å². The fourth-order valence-corrected chi connectivity index (χ4v) is 4.01. The van der Waals surface area contributed by atoms with Crippen LogP contribution in [0.5, 0.6) is 5.75 Å². The number of unbranched alkanes of at least 4 members (excludes halogenated alkanes) is 2. The molecule has 0 unspecified atom stereocenters. The SMILES string of the molecule is CCCCCOc1cnc2c(c1)CCC(=O)[N+]2=C1CC(O)(C2CC2)C1. The zero-order chi connectivity index (χ0) is 17.4. The predicted molar refractivity (Wildman–Crippen MR) is 94.4 cm³/mol. The first-order valence-electron chi connectivity index (χ1n) is 9.62. The van der Waals surface area contributed by atoms with Gasteiger partial charge in [0.2, 0.25) is 0 Å². The van der Waals surface area contributed by atoms with Gasteiger partial charge in [0.25, 0.3) is 0 Å². The summed E-state index contributed by atoms with van der Waals surface area (Å²) in [4.78, 5) is 17.0. The molecule has 0 spiro atoms. The predicted octanol–water partition coefficient (Wildman–Crippen LogP) is 3.14. The Hall–Kier alpha value is -1.75. The van der Waals surface area contributed by atoms with Crippen LogP contribution in [-0.2, 0) is 11.2 Å². The Morgan fingerprint density at radius 3 is 2.84 bits per heavy atom. The zero-order valence-corrected chi connectivity index (χ0v) is 15.0. The molecule has 0 radical (unpaired) electrons. The monoisotopic (exact) mass is 343 g/mol. The first-order chi connectivity index (χ1) is 12.1. The van der Waals surface area contributed by atoms with Crippen LogP contribution in [0.25, 0.3) is 0 Å². The molecule has 2 heterocycles. The molecule has 0 atom stereocenters. The summed E-state index contributed by atoms with van der Waals surface area (Å²) in [7, 11) is 0. The Morgan fingerprint density at radius 1 is 1.32 bits per heavy atom. The molecule has 0 aromatic carbocycles. The van der Waals surface area contributed by atoms with E-state index in [9.17, 15) is 9.90 Å². The normalized spacial score (nSPS) is 25.6. The third-order valence-corrected chi connectivity index (χ3v) is 5.68. The minimum atomic E-state index is -0.574. The Kier molecular flexibility index (Phi) is 4.36. The molecular formula is C20H27N2O3+. The maximum atomic E-state index is 12.5. The summed E-state index contributed by atoms with van der Waals surface area (Å²) < 4.78 is 7.56. The van der Waals surface area contributed by atoms with E-state index < -0.39 is 5.60 Å². The third-order valence-electron chi connectivity index (χ3n) is 5.68. The Balaban J connectivity index is 1.53. The lowest BCUT2D eigenvalue weighted by molar-refractivity contribution is -0.383. The topological polar surface area (TPSA) is 62.4 Å². The molecule has 1 amide bonds. The maximum absolute atomic E-state index is 12.5. The summed E-state index contributed by atoms with van der Waals surface area (Å²) in [6, 6.07) is 2.03. The van der Waals surface area contributed by atoms with Gasteiger partial charge in [-0.05, 0) is 42.7 Å². The molecule has 1 aromatic rings. The van der Waals surface area contributed by atoms with Crippen molar-refractivity contribution in [2.75, 3.05) is 6.61 Å². The van der Waals surface area contributed by atoms with Crippen molar-refractivity contribution in [3.63, 3.8) is 0 Å². The smallest absolute Gasteiger partial charge is 0.333 e. The summed E-state index contributed by atoms with van der Waals surface area (Å²) in [5.41, 5.74) is 1.52. The highest BCUT2D eigenvalue weighted by atomic mass is 16.5. The molecule has 25 heavy (non-hydrogen) atoms. The fourth-order valence-electron chi connectivity index (χ4n) is 4.01. The number of aryl methyl sites for hydroxylation is 1. The lowest BCUT2D eigenvalue weighted by Crippen LogP contribution is -2.50. The molecule has 2 aliphatic carbocycles. The van der Waals surface area contributed by atoms with E-state index in [1.165, 1.54) is 12.8 Å². The van der Waals surface area contributed by atoms with Gasteiger partial charge in [-0.15, -0.1) is 0 Å².